The summed E-state index contributed by atoms with van der Waals surface area (Å²) in [6.07, 6.45) is 1.93. The van der Waals surface area contributed by atoms with Crippen molar-refractivity contribution in [1.82, 2.24) is 4.90 Å². The van der Waals surface area contributed by atoms with Gasteiger partial charge in [-0.05, 0) is 32.3 Å². The SMILES string of the molecule is C[C@@H]1CC[C@@H](C)N1C(=O)[C@@H]1O[C@H]1c1ccccc1. The first-order chi connectivity index (χ1) is 8.68. The highest BCUT2D eigenvalue weighted by Crippen LogP contribution is 2.41. The Hall–Kier alpha value is -1.35. The number of hydrogen-bond acceptors (Lipinski definition) is 2. The summed E-state index contributed by atoms with van der Waals surface area (Å²) in [5, 5.41) is 0. The average Bonchev–Trinajstić information content (AvgIpc) is 3.11. The predicted octanol–water partition coefficient (Wildman–Crippen LogP) is 2.53. The summed E-state index contributed by atoms with van der Waals surface area (Å²) in [6.45, 7) is 4.25. The molecule has 2 aliphatic rings. The van der Waals surface area contributed by atoms with E-state index in [1.54, 1.807) is 0 Å². The Morgan fingerprint density at radius 2 is 1.78 bits per heavy atom. The van der Waals surface area contributed by atoms with Gasteiger partial charge in [0.1, 0.15) is 6.10 Å². The van der Waals surface area contributed by atoms with Crippen LogP contribution in [0.4, 0.5) is 0 Å². The molecule has 2 saturated heterocycles. The number of benzene rings is 1. The molecule has 2 fully saturated rings. The summed E-state index contributed by atoms with van der Waals surface area (Å²) in [5.74, 6) is 0.168. The third-order valence-electron chi connectivity index (χ3n) is 4.07. The molecule has 1 aromatic carbocycles. The largest absolute Gasteiger partial charge is 0.354 e. The van der Waals surface area contributed by atoms with Crippen LogP contribution < -0.4 is 0 Å². The third-order valence-corrected chi connectivity index (χ3v) is 4.07. The topological polar surface area (TPSA) is 32.8 Å². The fourth-order valence-corrected chi connectivity index (χ4v) is 2.97. The number of carbonyl (C=O) groups is 1. The molecule has 0 spiro atoms. The molecule has 0 bridgehead atoms. The van der Waals surface area contributed by atoms with Gasteiger partial charge in [0.2, 0.25) is 0 Å². The molecule has 0 aliphatic carbocycles. The molecule has 96 valence electrons. The molecule has 2 heterocycles. The zero-order valence-electron chi connectivity index (χ0n) is 10.9. The van der Waals surface area contributed by atoms with Gasteiger partial charge in [-0.3, -0.25) is 4.79 Å². The first kappa shape index (κ1) is 11.7. The summed E-state index contributed by atoms with van der Waals surface area (Å²) in [5.41, 5.74) is 1.11. The minimum atomic E-state index is -0.254. The molecule has 0 radical (unpaired) electrons. The molecule has 3 rings (SSSR count). The van der Waals surface area contributed by atoms with Gasteiger partial charge in [-0.2, -0.15) is 0 Å². The van der Waals surface area contributed by atoms with Crippen molar-refractivity contribution in [3.05, 3.63) is 35.9 Å². The van der Waals surface area contributed by atoms with Gasteiger partial charge in [-0.25, -0.2) is 0 Å². The average molecular weight is 245 g/mol. The molecule has 0 saturated carbocycles. The zero-order valence-corrected chi connectivity index (χ0v) is 10.9. The Bertz CT molecular complexity index is 435. The summed E-state index contributed by atoms with van der Waals surface area (Å²) in [7, 11) is 0. The molecule has 2 aliphatic heterocycles. The van der Waals surface area contributed by atoms with Crippen molar-refractivity contribution in [3.63, 3.8) is 0 Å². The summed E-state index contributed by atoms with van der Waals surface area (Å²) >= 11 is 0. The van der Waals surface area contributed by atoms with E-state index in [4.69, 9.17) is 4.74 Å². The van der Waals surface area contributed by atoms with E-state index in [0.717, 1.165) is 18.4 Å². The maximum atomic E-state index is 12.4. The standard InChI is InChI=1S/C15H19NO2/c1-10-8-9-11(2)16(10)15(17)14-13(18-14)12-6-4-3-5-7-12/h3-7,10-11,13-14H,8-9H2,1-2H3/t10-,11-,13+,14-/m1/s1. The highest BCUT2D eigenvalue weighted by atomic mass is 16.6. The first-order valence-electron chi connectivity index (χ1n) is 6.71. The predicted molar refractivity (Wildman–Crippen MR) is 69.1 cm³/mol. The van der Waals surface area contributed by atoms with Crippen LogP contribution in [0.5, 0.6) is 0 Å². The lowest BCUT2D eigenvalue weighted by Gasteiger charge is -2.25. The molecule has 3 heteroatoms. The number of carbonyl (C=O) groups excluding carboxylic acids is 1. The van der Waals surface area contributed by atoms with Gasteiger partial charge >= 0.3 is 0 Å². The van der Waals surface area contributed by atoms with Crippen LogP contribution in [0.15, 0.2) is 30.3 Å². The maximum Gasteiger partial charge on any atom is 0.255 e. The molecule has 0 unspecified atom stereocenters. The van der Waals surface area contributed by atoms with Crippen molar-refractivity contribution in [1.29, 1.82) is 0 Å². The second-order valence-electron chi connectivity index (χ2n) is 5.41. The number of epoxide rings is 1. The van der Waals surface area contributed by atoms with Crippen LogP contribution >= 0.6 is 0 Å². The Balaban J connectivity index is 1.69. The van der Waals surface area contributed by atoms with E-state index in [1.165, 1.54) is 0 Å². The Labute approximate surface area is 108 Å². The van der Waals surface area contributed by atoms with E-state index in [9.17, 15) is 4.79 Å². The number of hydrogen-bond donors (Lipinski definition) is 0. The van der Waals surface area contributed by atoms with Gasteiger partial charge in [-0.1, -0.05) is 30.3 Å². The molecule has 3 nitrogen and oxygen atoms in total. The number of amides is 1. The number of ether oxygens (including phenoxy) is 1. The van der Waals surface area contributed by atoms with Crippen molar-refractivity contribution in [2.75, 3.05) is 0 Å². The molecule has 1 aromatic rings. The minimum absolute atomic E-state index is 0.0290. The maximum absolute atomic E-state index is 12.4. The molecular formula is C15H19NO2. The van der Waals surface area contributed by atoms with E-state index >= 15 is 0 Å². The lowest BCUT2D eigenvalue weighted by Crippen LogP contribution is -2.41. The second-order valence-corrected chi connectivity index (χ2v) is 5.41. The highest BCUT2D eigenvalue weighted by Gasteiger charge is 2.50. The number of likely N-dealkylation sites (tertiary alicyclic amines) is 1. The molecule has 0 N–H and O–H groups in total. The Kier molecular flexibility index (Phi) is 2.86. The first-order valence-corrected chi connectivity index (χ1v) is 6.71. The molecule has 0 aromatic heterocycles. The molecule has 18 heavy (non-hydrogen) atoms. The molecule has 1 amide bonds. The fourth-order valence-electron chi connectivity index (χ4n) is 2.97. The fraction of sp³-hybridized carbons (Fsp3) is 0.533. The van der Waals surface area contributed by atoms with E-state index in [2.05, 4.69) is 13.8 Å². The van der Waals surface area contributed by atoms with Crippen molar-refractivity contribution >= 4 is 5.91 Å². The zero-order chi connectivity index (χ0) is 12.7. The number of nitrogens with zero attached hydrogens (tertiary/aromatic N) is 1. The smallest absolute Gasteiger partial charge is 0.255 e. The third kappa shape index (κ3) is 1.93. The van der Waals surface area contributed by atoms with Crippen LogP contribution in [-0.4, -0.2) is 29.0 Å². The van der Waals surface area contributed by atoms with Crippen molar-refractivity contribution in [3.8, 4) is 0 Å². The highest BCUT2D eigenvalue weighted by molar-refractivity contribution is 5.85. The van der Waals surface area contributed by atoms with E-state index < -0.39 is 0 Å². The van der Waals surface area contributed by atoms with Gasteiger partial charge in [0.25, 0.3) is 5.91 Å². The Morgan fingerprint density at radius 3 is 2.39 bits per heavy atom. The second kappa shape index (κ2) is 4.39. The van der Waals surface area contributed by atoms with Crippen molar-refractivity contribution in [2.45, 2.75) is 51.0 Å². The van der Waals surface area contributed by atoms with E-state index in [-0.39, 0.29) is 18.1 Å². The van der Waals surface area contributed by atoms with Gasteiger partial charge in [0.05, 0.1) is 0 Å². The van der Waals surface area contributed by atoms with Crippen LogP contribution in [0.25, 0.3) is 0 Å². The van der Waals surface area contributed by atoms with Crippen LogP contribution in [-0.2, 0) is 9.53 Å². The van der Waals surface area contributed by atoms with Gasteiger partial charge in [0, 0.05) is 12.1 Å². The normalized spacial score (nSPS) is 34.7. The minimum Gasteiger partial charge on any atom is -0.354 e. The quantitative estimate of drug-likeness (QED) is 0.750. The molecular weight excluding hydrogens is 226 g/mol. The summed E-state index contributed by atoms with van der Waals surface area (Å²) < 4.78 is 5.58. The summed E-state index contributed by atoms with van der Waals surface area (Å²) in [4.78, 5) is 14.4. The van der Waals surface area contributed by atoms with E-state index in [1.807, 2.05) is 35.2 Å². The summed E-state index contributed by atoms with van der Waals surface area (Å²) in [6, 6.07) is 10.7. The lowest BCUT2D eigenvalue weighted by molar-refractivity contribution is -0.134. The lowest BCUT2D eigenvalue weighted by atomic mass is 10.1. The van der Waals surface area contributed by atoms with Gasteiger partial charge in [-0.15, -0.1) is 0 Å². The van der Waals surface area contributed by atoms with Gasteiger partial charge in [0.15, 0.2) is 6.10 Å². The van der Waals surface area contributed by atoms with Crippen LogP contribution in [0.3, 0.4) is 0 Å². The van der Waals surface area contributed by atoms with Crippen LogP contribution in [0, 0.1) is 0 Å². The number of rotatable bonds is 2. The van der Waals surface area contributed by atoms with Crippen LogP contribution in [0.2, 0.25) is 0 Å². The van der Waals surface area contributed by atoms with Gasteiger partial charge < -0.3 is 9.64 Å². The Morgan fingerprint density at radius 1 is 1.17 bits per heavy atom. The van der Waals surface area contributed by atoms with E-state index in [0.29, 0.717) is 12.1 Å². The van der Waals surface area contributed by atoms with Crippen LogP contribution in [0.1, 0.15) is 38.4 Å². The molecule has 4 atom stereocenters. The van der Waals surface area contributed by atoms with Crippen molar-refractivity contribution in [2.24, 2.45) is 0 Å². The monoisotopic (exact) mass is 245 g/mol. The van der Waals surface area contributed by atoms with Crippen molar-refractivity contribution < 1.29 is 9.53 Å².